The first-order valence-corrected chi connectivity index (χ1v) is 6.25. The van der Waals surface area contributed by atoms with Gasteiger partial charge in [0.25, 0.3) is 0 Å². The number of ether oxygens (including phenoxy) is 1. The summed E-state index contributed by atoms with van der Waals surface area (Å²) in [5.74, 6) is 0.672. The minimum absolute atomic E-state index is 0.193. The summed E-state index contributed by atoms with van der Waals surface area (Å²) >= 11 is 0. The van der Waals surface area contributed by atoms with E-state index in [2.05, 4.69) is 4.98 Å². The van der Waals surface area contributed by atoms with Crippen molar-refractivity contribution < 1.29 is 9.15 Å². The molecule has 4 nitrogen and oxygen atoms in total. The number of hydrogen-bond acceptors (Lipinski definition) is 4. The third-order valence-electron chi connectivity index (χ3n) is 2.96. The Bertz CT molecular complexity index is 800. The fourth-order valence-corrected chi connectivity index (χ4v) is 2.06. The second kappa shape index (κ2) is 5.06. The van der Waals surface area contributed by atoms with Gasteiger partial charge in [-0.3, -0.25) is 4.98 Å². The summed E-state index contributed by atoms with van der Waals surface area (Å²) in [5, 5.41) is 9.92. The van der Waals surface area contributed by atoms with Crippen molar-refractivity contribution in [2.45, 2.75) is 13.5 Å². The molecule has 2 aromatic heterocycles. The van der Waals surface area contributed by atoms with Crippen molar-refractivity contribution in [3.05, 3.63) is 59.6 Å². The number of benzene rings is 1. The molecule has 0 fully saturated rings. The van der Waals surface area contributed by atoms with Crippen LogP contribution in [0.1, 0.15) is 17.1 Å². The summed E-state index contributed by atoms with van der Waals surface area (Å²) < 4.78 is 11.2. The monoisotopic (exact) mass is 264 g/mol. The van der Waals surface area contributed by atoms with Crippen molar-refractivity contribution >= 4 is 11.0 Å². The SMILES string of the molecule is Cc1cccc(COc2c(C#N)oc3ccccc23)n1. The molecule has 0 spiro atoms. The summed E-state index contributed by atoms with van der Waals surface area (Å²) in [6, 6.07) is 15.2. The third-order valence-corrected chi connectivity index (χ3v) is 2.96. The Hall–Kier alpha value is -2.80. The van der Waals surface area contributed by atoms with E-state index in [9.17, 15) is 0 Å². The fourth-order valence-electron chi connectivity index (χ4n) is 2.06. The number of aromatic nitrogens is 1. The van der Waals surface area contributed by atoms with Gasteiger partial charge in [-0.2, -0.15) is 5.26 Å². The van der Waals surface area contributed by atoms with Gasteiger partial charge >= 0.3 is 0 Å². The van der Waals surface area contributed by atoms with E-state index in [0.29, 0.717) is 17.9 Å². The summed E-state index contributed by atoms with van der Waals surface area (Å²) in [6.07, 6.45) is 0. The van der Waals surface area contributed by atoms with E-state index in [1.165, 1.54) is 0 Å². The van der Waals surface area contributed by atoms with Crippen LogP contribution in [0, 0.1) is 18.3 Å². The molecular weight excluding hydrogens is 252 g/mol. The molecule has 1 aromatic carbocycles. The zero-order chi connectivity index (χ0) is 13.9. The minimum atomic E-state index is 0.193. The van der Waals surface area contributed by atoms with Crippen LogP contribution in [0.25, 0.3) is 11.0 Å². The van der Waals surface area contributed by atoms with Crippen LogP contribution >= 0.6 is 0 Å². The lowest BCUT2D eigenvalue weighted by atomic mass is 10.2. The number of para-hydroxylation sites is 1. The minimum Gasteiger partial charge on any atom is -0.482 e. The predicted octanol–water partition coefficient (Wildman–Crippen LogP) is 3.59. The van der Waals surface area contributed by atoms with Crippen LogP contribution in [-0.4, -0.2) is 4.98 Å². The van der Waals surface area contributed by atoms with Crippen molar-refractivity contribution in [2.75, 3.05) is 0 Å². The van der Waals surface area contributed by atoms with E-state index >= 15 is 0 Å². The first-order chi connectivity index (χ1) is 9.78. The maximum Gasteiger partial charge on any atom is 0.246 e. The maximum absolute atomic E-state index is 9.12. The second-order valence-corrected chi connectivity index (χ2v) is 4.43. The molecule has 4 heteroatoms. The van der Waals surface area contributed by atoms with Crippen molar-refractivity contribution in [2.24, 2.45) is 0 Å². The standard InChI is InChI=1S/C16H12N2O2/c1-11-5-4-6-12(18-11)10-19-16-13-7-2-3-8-14(13)20-15(16)9-17/h2-8H,10H2,1H3. The Morgan fingerprint density at radius 2 is 2.05 bits per heavy atom. The summed E-state index contributed by atoms with van der Waals surface area (Å²) in [7, 11) is 0. The molecule has 0 saturated carbocycles. The van der Waals surface area contributed by atoms with Crippen LogP contribution in [0.2, 0.25) is 0 Å². The molecule has 0 aliphatic heterocycles. The van der Waals surface area contributed by atoms with Gasteiger partial charge in [0.1, 0.15) is 18.3 Å². The summed E-state index contributed by atoms with van der Waals surface area (Å²) in [6.45, 7) is 2.23. The highest BCUT2D eigenvalue weighted by Crippen LogP contribution is 2.32. The van der Waals surface area contributed by atoms with E-state index in [4.69, 9.17) is 14.4 Å². The average molecular weight is 264 g/mol. The first-order valence-electron chi connectivity index (χ1n) is 6.25. The second-order valence-electron chi connectivity index (χ2n) is 4.43. The zero-order valence-corrected chi connectivity index (χ0v) is 11.0. The molecule has 20 heavy (non-hydrogen) atoms. The number of nitrogens with zero attached hydrogens (tertiary/aromatic N) is 2. The van der Waals surface area contributed by atoms with Gasteiger partial charge in [-0.25, -0.2) is 0 Å². The van der Waals surface area contributed by atoms with Gasteiger partial charge in [0.15, 0.2) is 5.75 Å². The largest absolute Gasteiger partial charge is 0.482 e. The number of furan rings is 1. The lowest BCUT2D eigenvalue weighted by Crippen LogP contribution is -1.99. The zero-order valence-electron chi connectivity index (χ0n) is 11.0. The van der Waals surface area contributed by atoms with Crippen LogP contribution in [0.3, 0.4) is 0 Å². The Morgan fingerprint density at radius 3 is 2.85 bits per heavy atom. The molecule has 0 saturated heterocycles. The van der Waals surface area contributed by atoms with Gasteiger partial charge < -0.3 is 9.15 Å². The van der Waals surface area contributed by atoms with Crippen LogP contribution in [0.15, 0.2) is 46.9 Å². The van der Waals surface area contributed by atoms with E-state index in [0.717, 1.165) is 16.8 Å². The normalized spacial score (nSPS) is 10.4. The lowest BCUT2D eigenvalue weighted by molar-refractivity contribution is 0.299. The number of pyridine rings is 1. The summed E-state index contributed by atoms with van der Waals surface area (Å²) in [5.41, 5.74) is 2.40. The highest BCUT2D eigenvalue weighted by molar-refractivity contribution is 5.86. The Balaban J connectivity index is 1.93. The average Bonchev–Trinajstić information content (AvgIpc) is 2.83. The topological polar surface area (TPSA) is 59.0 Å². The number of aryl methyl sites for hydroxylation is 1. The number of fused-ring (bicyclic) bond motifs is 1. The van der Waals surface area contributed by atoms with E-state index < -0.39 is 0 Å². The molecule has 0 N–H and O–H groups in total. The molecule has 0 amide bonds. The highest BCUT2D eigenvalue weighted by atomic mass is 16.5. The molecule has 0 aliphatic rings. The van der Waals surface area contributed by atoms with Crippen molar-refractivity contribution in [1.82, 2.24) is 4.98 Å². The molecule has 2 heterocycles. The van der Waals surface area contributed by atoms with E-state index in [-0.39, 0.29) is 5.76 Å². The van der Waals surface area contributed by atoms with Gasteiger partial charge in [0, 0.05) is 5.69 Å². The van der Waals surface area contributed by atoms with Crippen LogP contribution in [0.4, 0.5) is 0 Å². The molecule has 98 valence electrons. The first kappa shape index (κ1) is 12.2. The third kappa shape index (κ3) is 2.21. The fraction of sp³-hybridized carbons (Fsp3) is 0.125. The van der Waals surface area contributed by atoms with Gasteiger partial charge in [-0.15, -0.1) is 0 Å². The van der Waals surface area contributed by atoms with E-state index in [1.807, 2.05) is 55.5 Å². The molecule has 3 aromatic rings. The molecule has 3 rings (SSSR count). The molecule has 0 unspecified atom stereocenters. The Morgan fingerprint density at radius 1 is 1.20 bits per heavy atom. The number of hydrogen-bond donors (Lipinski definition) is 0. The van der Waals surface area contributed by atoms with Gasteiger partial charge in [-0.1, -0.05) is 18.2 Å². The Kier molecular flexibility index (Phi) is 3.10. The van der Waals surface area contributed by atoms with Crippen LogP contribution in [0.5, 0.6) is 5.75 Å². The van der Waals surface area contributed by atoms with Crippen LogP contribution in [-0.2, 0) is 6.61 Å². The molecular formula is C16H12N2O2. The van der Waals surface area contributed by atoms with E-state index in [1.54, 1.807) is 0 Å². The molecule has 0 radical (unpaired) electrons. The highest BCUT2D eigenvalue weighted by Gasteiger charge is 2.15. The van der Waals surface area contributed by atoms with Gasteiger partial charge in [0.05, 0.1) is 11.1 Å². The molecule has 0 atom stereocenters. The number of nitriles is 1. The van der Waals surface area contributed by atoms with Crippen molar-refractivity contribution in [1.29, 1.82) is 5.26 Å². The maximum atomic E-state index is 9.12. The molecule has 0 aliphatic carbocycles. The quantitative estimate of drug-likeness (QED) is 0.725. The lowest BCUT2D eigenvalue weighted by Gasteiger charge is -2.04. The van der Waals surface area contributed by atoms with Gasteiger partial charge in [-0.05, 0) is 31.2 Å². The van der Waals surface area contributed by atoms with Crippen LogP contribution < -0.4 is 4.74 Å². The summed E-state index contributed by atoms with van der Waals surface area (Å²) in [4.78, 5) is 4.37. The smallest absolute Gasteiger partial charge is 0.246 e. The Labute approximate surface area is 116 Å². The van der Waals surface area contributed by atoms with Crippen molar-refractivity contribution in [3.8, 4) is 11.8 Å². The predicted molar refractivity (Wildman–Crippen MR) is 74.2 cm³/mol. The van der Waals surface area contributed by atoms with Gasteiger partial charge in [0.2, 0.25) is 5.76 Å². The number of rotatable bonds is 3. The van der Waals surface area contributed by atoms with Crippen molar-refractivity contribution in [3.63, 3.8) is 0 Å². The molecule has 0 bridgehead atoms.